The van der Waals surface area contributed by atoms with Crippen molar-refractivity contribution in [3.05, 3.63) is 28.8 Å². The van der Waals surface area contributed by atoms with Crippen molar-refractivity contribution in [2.75, 3.05) is 18.1 Å². The standard InChI is InChI=1S/C13H14F4N2OS2/c1-3-5-21-22-6-4-19-13(20)7-8(14)10(16)12(18-2)11(17)9(7)15/h2-6H2,1H3,(H,19,20). The minimum Gasteiger partial charge on any atom is -0.351 e. The number of halogens is 4. The molecule has 9 heteroatoms. The van der Waals surface area contributed by atoms with Crippen LogP contribution in [0.5, 0.6) is 0 Å². The second-order valence-corrected chi connectivity index (χ2v) is 6.74. The number of hydrogen-bond acceptors (Lipinski definition) is 4. The molecule has 122 valence electrons. The highest BCUT2D eigenvalue weighted by Gasteiger charge is 2.28. The fourth-order valence-electron chi connectivity index (χ4n) is 1.45. The minimum atomic E-state index is -1.79. The molecule has 1 rings (SSSR count). The zero-order chi connectivity index (χ0) is 16.7. The molecule has 3 nitrogen and oxygen atoms in total. The van der Waals surface area contributed by atoms with E-state index >= 15 is 0 Å². The van der Waals surface area contributed by atoms with Crippen LogP contribution in [0.2, 0.25) is 0 Å². The lowest BCUT2D eigenvalue weighted by Gasteiger charge is -2.10. The molecule has 0 aliphatic heterocycles. The Morgan fingerprint density at radius 3 is 2.14 bits per heavy atom. The van der Waals surface area contributed by atoms with Gasteiger partial charge < -0.3 is 5.32 Å². The molecule has 0 saturated carbocycles. The molecule has 0 aliphatic rings. The summed E-state index contributed by atoms with van der Waals surface area (Å²) in [5.74, 6) is -6.84. The molecule has 0 unspecified atom stereocenters. The lowest BCUT2D eigenvalue weighted by Crippen LogP contribution is -2.28. The van der Waals surface area contributed by atoms with Gasteiger partial charge in [-0.2, -0.15) is 0 Å². The van der Waals surface area contributed by atoms with E-state index in [2.05, 4.69) is 17.0 Å². The maximum absolute atomic E-state index is 13.7. The maximum Gasteiger partial charge on any atom is 0.257 e. The van der Waals surface area contributed by atoms with Crippen molar-refractivity contribution in [3.8, 4) is 0 Å². The van der Waals surface area contributed by atoms with Gasteiger partial charge in [0, 0.05) is 18.1 Å². The van der Waals surface area contributed by atoms with Crippen LogP contribution in [0, 0.1) is 23.3 Å². The summed E-state index contributed by atoms with van der Waals surface area (Å²) >= 11 is 0. The fourth-order valence-corrected chi connectivity index (χ4v) is 3.50. The number of amides is 1. The largest absolute Gasteiger partial charge is 0.351 e. The number of carbonyl (C=O) groups is 1. The van der Waals surface area contributed by atoms with Crippen molar-refractivity contribution in [2.24, 2.45) is 4.99 Å². The molecule has 1 aromatic rings. The summed E-state index contributed by atoms with van der Waals surface area (Å²) < 4.78 is 54.3. The second-order valence-electron chi connectivity index (χ2n) is 4.04. The van der Waals surface area contributed by atoms with Gasteiger partial charge in [-0.1, -0.05) is 28.5 Å². The molecular formula is C13H14F4N2OS2. The summed E-state index contributed by atoms with van der Waals surface area (Å²) in [6.45, 7) is 4.96. The van der Waals surface area contributed by atoms with Crippen LogP contribution in [0.15, 0.2) is 4.99 Å². The first-order valence-corrected chi connectivity index (χ1v) is 8.79. The number of nitrogens with one attached hydrogen (secondary N) is 1. The third-order valence-electron chi connectivity index (χ3n) is 2.47. The highest BCUT2D eigenvalue weighted by Crippen LogP contribution is 2.29. The number of nitrogens with zero attached hydrogens (tertiary/aromatic N) is 1. The Balaban J connectivity index is 2.80. The summed E-state index contributed by atoms with van der Waals surface area (Å²) in [4.78, 5) is 14.6. The Morgan fingerprint density at radius 1 is 1.09 bits per heavy atom. The van der Waals surface area contributed by atoms with Crippen molar-refractivity contribution < 1.29 is 22.4 Å². The van der Waals surface area contributed by atoms with Crippen molar-refractivity contribution in [2.45, 2.75) is 13.3 Å². The molecule has 0 saturated heterocycles. The highest BCUT2D eigenvalue weighted by atomic mass is 33.1. The van der Waals surface area contributed by atoms with Gasteiger partial charge in [-0.05, 0) is 13.1 Å². The van der Waals surface area contributed by atoms with Crippen LogP contribution in [0.4, 0.5) is 23.2 Å². The van der Waals surface area contributed by atoms with Crippen LogP contribution in [0.1, 0.15) is 23.7 Å². The van der Waals surface area contributed by atoms with E-state index in [1.807, 2.05) is 6.92 Å². The van der Waals surface area contributed by atoms with Crippen molar-refractivity contribution in [1.29, 1.82) is 0 Å². The predicted molar refractivity (Wildman–Crippen MR) is 83.0 cm³/mol. The van der Waals surface area contributed by atoms with Crippen LogP contribution in [-0.4, -0.2) is 30.7 Å². The third kappa shape index (κ3) is 4.39. The van der Waals surface area contributed by atoms with E-state index in [-0.39, 0.29) is 6.54 Å². The number of hydrogen-bond donors (Lipinski definition) is 1. The minimum absolute atomic E-state index is 0.115. The molecule has 0 aromatic heterocycles. The first kappa shape index (κ1) is 18.8. The van der Waals surface area contributed by atoms with Crippen molar-refractivity contribution in [3.63, 3.8) is 0 Å². The summed E-state index contributed by atoms with van der Waals surface area (Å²) in [6.07, 6.45) is 1.00. The van der Waals surface area contributed by atoms with Gasteiger partial charge in [0.15, 0.2) is 23.3 Å². The molecule has 0 heterocycles. The van der Waals surface area contributed by atoms with E-state index in [0.29, 0.717) is 5.75 Å². The van der Waals surface area contributed by atoms with Gasteiger partial charge in [-0.25, -0.2) is 17.6 Å². The molecule has 0 bridgehead atoms. The number of aliphatic imine (C=N–C) groups is 1. The first-order chi connectivity index (χ1) is 10.5. The molecule has 0 fully saturated rings. The quantitative estimate of drug-likeness (QED) is 0.251. The smallest absolute Gasteiger partial charge is 0.257 e. The predicted octanol–water partition coefficient (Wildman–Crippen LogP) is 4.10. The maximum atomic E-state index is 13.7. The monoisotopic (exact) mass is 354 g/mol. The van der Waals surface area contributed by atoms with E-state index in [1.54, 1.807) is 10.8 Å². The van der Waals surface area contributed by atoms with E-state index in [1.165, 1.54) is 10.8 Å². The molecule has 1 amide bonds. The highest BCUT2D eigenvalue weighted by molar-refractivity contribution is 8.76. The lowest BCUT2D eigenvalue weighted by atomic mass is 10.1. The summed E-state index contributed by atoms with van der Waals surface area (Å²) in [5, 5.41) is 2.22. The molecule has 0 spiro atoms. The van der Waals surface area contributed by atoms with E-state index in [9.17, 15) is 22.4 Å². The van der Waals surface area contributed by atoms with Gasteiger partial charge in [0.25, 0.3) is 5.91 Å². The fraction of sp³-hybridized carbons (Fsp3) is 0.385. The van der Waals surface area contributed by atoms with Crippen molar-refractivity contribution >= 4 is 39.9 Å². The molecule has 0 atom stereocenters. The van der Waals surface area contributed by atoms with Gasteiger partial charge in [0.1, 0.15) is 11.3 Å². The zero-order valence-electron chi connectivity index (χ0n) is 11.7. The van der Waals surface area contributed by atoms with E-state index < -0.39 is 40.4 Å². The van der Waals surface area contributed by atoms with Crippen molar-refractivity contribution in [1.82, 2.24) is 5.32 Å². The molecule has 0 radical (unpaired) electrons. The normalized spacial score (nSPS) is 10.6. The molecular weight excluding hydrogens is 340 g/mol. The molecule has 0 aliphatic carbocycles. The Bertz CT molecular complexity index is 540. The lowest BCUT2D eigenvalue weighted by molar-refractivity contribution is 0.0945. The van der Waals surface area contributed by atoms with E-state index in [0.717, 1.165) is 12.2 Å². The van der Waals surface area contributed by atoms with Gasteiger partial charge >= 0.3 is 0 Å². The van der Waals surface area contributed by atoms with Gasteiger partial charge in [-0.3, -0.25) is 9.79 Å². The summed E-state index contributed by atoms with van der Waals surface area (Å²) in [5.41, 5.74) is -2.48. The molecule has 22 heavy (non-hydrogen) atoms. The number of benzene rings is 1. The molecule has 1 aromatic carbocycles. The van der Waals surface area contributed by atoms with Crippen LogP contribution in [0.25, 0.3) is 0 Å². The first-order valence-electron chi connectivity index (χ1n) is 6.30. The zero-order valence-corrected chi connectivity index (χ0v) is 13.4. The number of carbonyl (C=O) groups excluding carboxylic acids is 1. The van der Waals surface area contributed by atoms with Crippen LogP contribution in [0.3, 0.4) is 0 Å². The Morgan fingerprint density at radius 2 is 1.64 bits per heavy atom. The van der Waals surface area contributed by atoms with Gasteiger partial charge in [-0.15, -0.1) is 0 Å². The second kappa shape index (κ2) is 9.04. The van der Waals surface area contributed by atoms with E-state index in [4.69, 9.17) is 0 Å². The molecule has 1 N–H and O–H groups in total. The van der Waals surface area contributed by atoms with Crippen LogP contribution < -0.4 is 5.32 Å². The number of rotatable bonds is 8. The Hall–Kier alpha value is -1.22. The van der Waals surface area contributed by atoms with Crippen LogP contribution >= 0.6 is 21.6 Å². The average molecular weight is 354 g/mol. The average Bonchev–Trinajstić information content (AvgIpc) is 2.49. The van der Waals surface area contributed by atoms with Crippen LogP contribution in [-0.2, 0) is 0 Å². The van der Waals surface area contributed by atoms with Gasteiger partial charge in [0.2, 0.25) is 0 Å². The van der Waals surface area contributed by atoms with Gasteiger partial charge in [0.05, 0.1) is 0 Å². The summed E-state index contributed by atoms with van der Waals surface area (Å²) in [6, 6.07) is 0. The topological polar surface area (TPSA) is 41.5 Å². The Labute approximate surface area is 133 Å². The third-order valence-corrected chi connectivity index (χ3v) is 5.08. The summed E-state index contributed by atoms with van der Waals surface area (Å²) in [7, 11) is 3.07. The Kier molecular flexibility index (Phi) is 7.74. The SMILES string of the molecule is C=Nc1c(F)c(F)c(C(=O)NCCSSCCC)c(F)c1F.